The molecule has 6 heteroatoms. The van der Waals surface area contributed by atoms with Crippen molar-refractivity contribution in [2.75, 3.05) is 17.2 Å². The van der Waals surface area contributed by atoms with E-state index in [0.717, 1.165) is 5.75 Å². The molecule has 2 N–H and O–H groups in total. The van der Waals surface area contributed by atoms with Crippen LogP contribution in [0.1, 0.15) is 22.8 Å². The van der Waals surface area contributed by atoms with E-state index in [0.29, 0.717) is 34.9 Å². The molecule has 0 aliphatic rings. The van der Waals surface area contributed by atoms with E-state index in [9.17, 15) is 4.79 Å². The van der Waals surface area contributed by atoms with Crippen LogP contribution >= 0.6 is 0 Å². The topological polar surface area (TPSA) is 87.0 Å². The minimum atomic E-state index is -0.254. The average Bonchev–Trinajstić information content (AvgIpc) is 2.70. The van der Waals surface area contributed by atoms with Gasteiger partial charge in [-0.05, 0) is 55.5 Å². The first-order valence-electron chi connectivity index (χ1n) is 8.46. The minimum absolute atomic E-state index is 0.254. The number of ether oxygens (including phenoxy) is 1. The number of benzene rings is 2. The van der Waals surface area contributed by atoms with E-state index < -0.39 is 0 Å². The van der Waals surface area contributed by atoms with Crippen LogP contribution in [0.25, 0.3) is 0 Å². The third kappa shape index (κ3) is 4.61. The first-order chi connectivity index (χ1) is 13.2. The average molecular weight is 358 g/mol. The normalized spacial score (nSPS) is 9.93. The number of hydrogen-bond acceptors (Lipinski definition) is 5. The van der Waals surface area contributed by atoms with Crippen LogP contribution < -0.4 is 15.4 Å². The smallest absolute Gasteiger partial charge is 0.257 e. The van der Waals surface area contributed by atoms with Gasteiger partial charge >= 0.3 is 0 Å². The number of rotatable bonds is 6. The summed E-state index contributed by atoms with van der Waals surface area (Å²) in [6.45, 7) is 2.51. The van der Waals surface area contributed by atoms with Crippen LogP contribution in [0.4, 0.5) is 17.2 Å². The molecule has 0 aliphatic carbocycles. The van der Waals surface area contributed by atoms with Crippen molar-refractivity contribution in [3.8, 4) is 11.8 Å². The summed E-state index contributed by atoms with van der Waals surface area (Å²) in [5, 5.41) is 15.0. The number of anilines is 3. The number of nitrogens with one attached hydrogen (secondary N) is 2. The molecule has 0 aliphatic heterocycles. The van der Waals surface area contributed by atoms with Crippen molar-refractivity contribution in [3.63, 3.8) is 0 Å². The first kappa shape index (κ1) is 18.0. The van der Waals surface area contributed by atoms with Crippen LogP contribution in [-0.2, 0) is 0 Å². The molecule has 27 heavy (non-hydrogen) atoms. The summed E-state index contributed by atoms with van der Waals surface area (Å²) < 4.78 is 5.38. The predicted molar refractivity (Wildman–Crippen MR) is 104 cm³/mol. The van der Waals surface area contributed by atoms with E-state index in [1.54, 1.807) is 54.6 Å². The maximum Gasteiger partial charge on any atom is 0.257 e. The second-order valence-electron chi connectivity index (χ2n) is 5.63. The summed E-state index contributed by atoms with van der Waals surface area (Å²) >= 11 is 0. The molecule has 1 heterocycles. The van der Waals surface area contributed by atoms with Crippen molar-refractivity contribution in [2.45, 2.75) is 6.92 Å². The Morgan fingerprint density at radius 1 is 1.11 bits per heavy atom. The number of aromatic nitrogens is 1. The van der Waals surface area contributed by atoms with Gasteiger partial charge in [-0.3, -0.25) is 4.79 Å². The van der Waals surface area contributed by atoms with Crippen molar-refractivity contribution in [2.24, 2.45) is 0 Å². The molecule has 3 rings (SSSR count). The van der Waals surface area contributed by atoms with E-state index in [2.05, 4.69) is 21.7 Å². The van der Waals surface area contributed by atoms with Gasteiger partial charge in [-0.15, -0.1) is 0 Å². The molecule has 0 spiro atoms. The van der Waals surface area contributed by atoms with Crippen LogP contribution in [-0.4, -0.2) is 17.5 Å². The zero-order valence-electron chi connectivity index (χ0n) is 14.8. The number of carbonyl (C=O) groups excluding carboxylic acids is 1. The number of para-hydroxylation sites is 1. The second-order valence-corrected chi connectivity index (χ2v) is 5.63. The number of hydrogen-bond donors (Lipinski definition) is 2. The van der Waals surface area contributed by atoms with Gasteiger partial charge in [0.1, 0.15) is 17.6 Å². The molecule has 134 valence electrons. The minimum Gasteiger partial charge on any atom is -0.494 e. The Bertz CT molecular complexity index is 961. The predicted octanol–water partition coefficient (Wildman–Crippen LogP) is 4.35. The maximum absolute atomic E-state index is 12.3. The Hall–Kier alpha value is -3.85. The maximum atomic E-state index is 12.3. The Balaban J connectivity index is 1.66. The second kappa shape index (κ2) is 8.50. The van der Waals surface area contributed by atoms with Gasteiger partial charge in [0.2, 0.25) is 0 Å². The molecule has 0 unspecified atom stereocenters. The summed E-state index contributed by atoms with van der Waals surface area (Å²) in [6.07, 6.45) is 1.49. The summed E-state index contributed by atoms with van der Waals surface area (Å²) in [5.41, 5.74) is 2.30. The molecule has 3 aromatic rings. The van der Waals surface area contributed by atoms with Crippen LogP contribution in [0.2, 0.25) is 0 Å². The van der Waals surface area contributed by atoms with E-state index in [-0.39, 0.29) is 5.91 Å². The fraction of sp³-hybridized carbons (Fsp3) is 0.0952. The van der Waals surface area contributed by atoms with Gasteiger partial charge in [0.15, 0.2) is 0 Å². The highest BCUT2D eigenvalue weighted by atomic mass is 16.5. The van der Waals surface area contributed by atoms with Gasteiger partial charge in [-0.2, -0.15) is 5.26 Å². The lowest BCUT2D eigenvalue weighted by Crippen LogP contribution is -2.12. The van der Waals surface area contributed by atoms with Gasteiger partial charge in [0, 0.05) is 11.9 Å². The number of pyridine rings is 1. The molecular formula is C21H18N4O2. The van der Waals surface area contributed by atoms with Gasteiger partial charge in [0.25, 0.3) is 5.91 Å². The Labute approximate surface area is 157 Å². The lowest BCUT2D eigenvalue weighted by atomic mass is 10.2. The molecule has 1 aromatic heterocycles. The molecule has 0 saturated carbocycles. The highest BCUT2D eigenvalue weighted by molar-refractivity contribution is 6.04. The number of amides is 1. The van der Waals surface area contributed by atoms with Gasteiger partial charge in [-0.1, -0.05) is 12.1 Å². The van der Waals surface area contributed by atoms with Crippen molar-refractivity contribution >= 4 is 23.1 Å². The quantitative estimate of drug-likeness (QED) is 0.684. The van der Waals surface area contributed by atoms with E-state index in [4.69, 9.17) is 10.00 Å². The van der Waals surface area contributed by atoms with Gasteiger partial charge in [0.05, 0.1) is 23.4 Å². The van der Waals surface area contributed by atoms with Crippen LogP contribution in [0.15, 0.2) is 66.9 Å². The van der Waals surface area contributed by atoms with Crippen LogP contribution in [0.5, 0.6) is 5.75 Å². The molecule has 2 aromatic carbocycles. The SMILES string of the molecule is CCOc1ccc(NC(=O)c2ccc(Nc3ccccc3C#N)nc2)cc1. The molecule has 6 nitrogen and oxygen atoms in total. The van der Waals surface area contributed by atoms with Crippen LogP contribution in [0.3, 0.4) is 0 Å². The number of nitriles is 1. The number of nitrogens with zero attached hydrogens (tertiary/aromatic N) is 2. The number of carbonyl (C=O) groups is 1. The van der Waals surface area contributed by atoms with Crippen molar-refractivity contribution in [3.05, 3.63) is 78.0 Å². The molecule has 0 atom stereocenters. The highest BCUT2D eigenvalue weighted by Crippen LogP contribution is 2.20. The Morgan fingerprint density at radius 2 is 1.89 bits per heavy atom. The van der Waals surface area contributed by atoms with E-state index in [1.807, 2.05) is 13.0 Å². The lowest BCUT2D eigenvalue weighted by Gasteiger charge is -2.09. The van der Waals surface area contributed by atoms with Gasteiger partial charge < -0.3 is 15.4 Å². The standard InChI is InChI=1S/C21H18N4O2/c1-2-27-18-10-8-17(9-11-18)24-21(26)16-7-12-20(23-14-16)25-19-6-4-3-5-15(19)13-22/h3-12,14H,2H2,1H3,(H,23,25)(H,24,26). The first-order valence-corrected chi connectivity index (χ1v) is 8.46. The molecular weight excluding hydrogens is 340 g/mol. The third-order valence-corrected chi connectivity index (χ3v) is 3.76. The summed E-state index contributed by atoms with van der Waals surface area (Å²) in [6, 6.07) is 19.8. The lowest BCUT2D eigenvalue weighted by molar-refractivity contribution is 0.102. The fourth-order valence-corrected chi connectivity index (χ4v) is 2.43. The molecule has 0 bridgehead atoms. The largest absolute Gasteiger partial charge is 0.494 e. The Morgan fingerprint density at radius 3 is 2.56 bits per heavy atom. The zero-order valence-corrected chi connectivity index (χ0v) is 14.8. The van der Waals surface area contributed by atoms with Crippen molar-refractivity contribution in [1.29, 1.82) is 5.26 Å². The van der Waals surface area contributed by atoms with Crippen LogP contribution in [0, 0.1) is 11.3 Å². The Kier molecular flexibility index (Phi) is 5.65. The zero-order chi connectivity index (χ0) is 19.1. The summed E-state index contributed by atoms with van der Waals surface area (Å²) in [4.78, 5) is 16.6. The summed E-state index contributed by atoms with van der Waals surface area (Å²) in [7, 11) is 0. The molecule has 1 amide bonds. The van der Waals surface area contributed by atoms with Gasteiger partial charge in [-0.25, -0.2) is 4.98 Å². The van der Waals surface area contributed by atoms with Crippen molar-refractivity contribution < 1.29 is 9.53 Å². The van der Waals surface area contributed by atoms with E-state index >= 15 is 0 Å². The molecule has 0 fully saturated rings. The highest BCUT2D eigenvalue weighted by Gasteiger charge is 2.08. The van der Waals surface area contributed by atoms with E-state index in [1.165, 1.54) is 6.20 Å². The molecule has 0 radical (unpaired) electrons. The summed E-state index contributed by atoms with van der Waals surface area (Å²) in [5.74, 6) is 1.05. The van der Waals surface area contributed by atoms with Crippen molar-refractivity contribution in [1.82, 2.24) is 4.98 Å². The fourth-order valence-electron chi connectivity index (χ4n) is 2.43. The monoisotopic (exact) mass is 358 g/mol. The molecule has 0 saturated heterocycles. The third-order valence-electron chi connectivity index (χ3n) is 3.76.